The minimum absolute atomic E-state index is 0.0111. The van der Waals surface area contributed by atoms with E-state index in [4.69, 9.17) is 0 Å². The van der Waals surface area contributed by atoms with Crippen molar-refractivity contribution >= 4 is 23.2 Å². The number of rotatable bonds is 4. The number of nitrogens with zero attached hydrogens (tertiary/aromatic N) is 2. The van der Waals surface area contributed by atoms with Gasteiger partial charge in [0.05, 0.1) is 16.7 Å². The Bertz CT molecular complexity index is 1040. The first-order valence-electron chi connectivity index (χ1n) is 8.52. The quantitative estimate of drug-likeness (QED) is 0.696. The molecule has 29 heavy (non-hydrogen) atoms. The molecular weight excluding hydrogens is 383 g/mol. The number of carbonyl (C=O) groups is 2. The highest BCUT2D eigenvalue weighted by molar-refractivity contribution is 6.09. The van der Waals surface area contributed by atoms with Crippen LogP contribution in [0.2, 0.25) is 0 Å². The summed E-state index contributed by atoms with van der Waals surface area (Å²) in [5, 5.41) is 2.39. The first kappa shape index (κ1) is 20.1. The third-order valence-electron chi connectivity index (χ3n) is 4.14. The number of benzene rings is 2. The van der Waals surface area contributed by atoms with Gasteiger partial charge in [-0.3, -0.25) is 14.6 Å². The van der Waals surface area contributed by atoms with Crippen molar-refractivity contribution < 1.29 is 22.8 Å². The Kier molecular flexibility index (Phi) is 5.63. The predicted molar refractivity (Wildman–Crippen MR) is 103 cm³/mol. The topological polar surface area (TPSA) is 62.3 Å². The fraction of sp³-hybridized carbons (Fsp3) is 0.0952. The van der Waals surface area contributed by atoms with E-state index in [0.717, 1.165) is 12.1 Å². The van der Waals surface area contributed by atoms with Crippen molar-refractivity contribution in [2.75, 3.05) is 17.3 Å². The van der Waals surface area contributed by atoms with E-state index < -0.39 is 17.6 Å². The summed E-state index contributed by atoms with van der Waals surface area (Å²) in [7, 11) is 1.59. The second-order valence-electron chi connectivity index (χ2n) is 6.19. The van der Waals surface area contributed by atoms with Gasteiger partial charge in [0, 0.05) is 30.8 Å². The van der Waals surface area contributed by atoms with Crippen molar-refractivity contribution in [2.24, 2.45) is 0 Å². The van der Waals surface area contributed by atoms with Crippen molar-refractivity contribution in [3.63, 3.8) is 0 Å². The van der Waals surface area contributed by atoms with Crippen LogP contribution in [0.25, 0.3) is 0 Å². The highest BCUT2D eigenvalue weighted by Gasteiger charge is 2.30. The Labute approximate surface area is 164 Å². The number of para-hydroxylation sites is 1. The number of hydrogen-bond donors (Lipinski definition) is 1. The maximum absolute atomic E-state index is 12.8. The van der Waals surface area contributed by atoms with Crippen LogP contribution in [-0.4, -0.2) is 23.8 Å². The number of carbonyl (C=O) groups excluding carboxylic acids is 2. The zero-order valence-corrected chi connectivity index (χ0v) is 15.3. The lowest BCUT2D eigenvalue weighted by molar-refractivity contribution is -0.137. The summed E-state index contributed by atoms with van der Waals surface area (Å²) >= 11 is 0. The van der Waals surface area contributed by atoms with Crippen LogP contribution in [0.1, 0.15) is 26.3 Å². The molecule has 148 valence electrons. The van der Waals surface area contributed by atoms with Crippen molar-refractivity contribution in [1.82, 2.24) is 4.98 Å². The lowest BCUT2D eigenvalue weighted by Crippen LogP contribution is -2.26. The normalized spacial score (nSPS) is 11.0. The molecule has 2 amide bonds. The Morgan fingerprint density at radius 2 is 1.62 bits per heavy atom. The summed E-state index contributed by atoms with van der Waals surface area (Å²) < 4.78 is 38.5. The van der Waals surface area contributed by atoms with Crippen LogP contribution in [0, 0.1) is 0 Å². The zero-order chi connectivity index (χ0) is 21.0. The van der Waals surface area contributed by atoms with Crippen molar-refractivity contribution in [3.05, 3.63) is 89.7 Å². The molecule has 0 aliphatic rings. The first-order valence-corrected chi connectivity index (χ1v) is 8.52. The largest absolute Gasteiger partial charge is 0.416 e. The molecule has 0 saturated carbocycles. The number of halogens is 3. The van der Waals surface area contributed by atoms with Gasteiger partial charge in [0.2, 0.25) is 0 Å². The number of hydrogen-bond acceptors (Lipinski definition) is 3. The number of amides is 2. The van der Waals surface area contributed by atoms with Crippen LogP contribution >= 0.6 is 0 Å². The summed E-state index contributed by atoms with van der Waals surface area (Å²) in [4.78, 5) is 30.4. The Morgan fingerprint density at radius 3 is 2.31 bits per heavy atom. The van der Waals surface area contributed by atoms with Crippen LogP contribution in [0.5, 0.6) is 0 Å². The van der Waals surface area contributed by atoms with Crippen LogP contribution in [-0.2, 0) is 6.18 Å². The van der Waals surface area contributed by atoms with Gasteiger partial charge in [-0.25, -0.2) is 0 Å². The van der Waals surface area contributed by atoms with Gasteiger partial charge in [0.15, 0.2) is 0 Å². The molecule has 3 rings (SSSR count). The van der Waals surface area contributed by atoms with Crippen molar-refractivity contribution in [1.29, 1.82) is 0 Å². The van der Waals surface area contributed by atoms with E-state index in [1.165, 1.54) is 35.5 Å². The summed E-state index contributed by atoms with van der Waals surface area (Å²) in [6.45, 7) is 0. The first-order chi connectivity index (χ1) is 13.8. The number of pyridine rings is 1. The lowest BCUT2D eigenvalue weighted by atomic mass is 10.1. The highest BCUT2D eigenvalue weighted by Crippen LogP contribution is 2.30. The molecule has 0 spiro atoms. The molecule has 0 aliphatic heterocycles. The zero-order valence-electron chi connectivity index (χ0n) is 15.3. The molecule has 0 bridgehead atoms. The average molecular weight is 399 g/mol. The summed E-state index contributed by atoms with van der Waals surface area (Å²) in [5.74, 6) is -1.05. The molecule has 5 nitrogen and oxygen atoms in total. The Hall–Kier alpha value is -3.68. The summed E-state index contributed by atoms with van der Waals surface area (Å²) in [6.07, 6.45) is -1.96. The number of anilines is 2. The summed E-state index contributed by atoms with van der Waals surface area (Å²) in [6, 6.07) is 14.6. The van der Waals surface area contributed by atoms with Crippen molar-refractivity contribution in [3.8, 4) is 0 Å². The third-order valence-corrected chi connectivity index (χ3v) is 4.14. The van der Waals surface area contributed by atoms with Gasteiger partial charge in [-0.2, -0.15) is 13.2 Å². The fourth-order valence-corrected chi connectivity index (χ4v) is 2.62. The minimum Gasteiger partial charge on any atom is -0.322 e. The minimum atomic E-state index is -4.52. The predicted octanol–water partition coefficient (Wildman–Crippen LogP) is 4.63. The molecule has 0 unspecified atom stereocenters. The van der Waals surface area contributed by atoms with Gasteiger partial charge in [0.1, 0.15) is 0 Å². The van der Waals surface area contributed by atoms with Crippen LogP contribution in [0.15, 0.2) is 73.1 Å². The third kappa shape index (κ3) is 4.78. The van der Waals surface area contributed by atoms with Gasteiger partial charge in [-0.1, -0.05) is 24.3 Å². The fourth-order valence-electron chi connectivity index (χ4n) is 2.62. The smallest absolute Gasteiger partial charge is 0.322 e. The van der Waals surface area contributed by atoms with Crippen molar-refractivity contribution in [2.45, 2.75) is 6.18 Å². The van der Waals surface area contributed by atoms with E-state index in [2.05, 4.69) is 10.3 Å². The van der Waals surface area contributed by atoms with E-state index in [1.807, 2.05) is 6.07 Å². The molecule has 0 radical (unpaired) electrons. The van der Waals surface area contributed by atoms with Crippen LogP contribution in [0.3, 0.4) is 0 Å². The summed E-state index contributed by atoms with van der Waals surface area (Å²) in [5.41, 5.74) is 0.00360. The Balaban J connectivity index is 1.79. The average Bonchev–Trinajstić information content (AvgIpc) is 2.73. The SMILES string of the molecule is CN(C(=O)c1cncc(C(=O)Nc2cccc(C(F)(F)F)c2)c1)c1ccccc1. The molecule has 1 heterocycles. The monoisotopic (exact) mass is 399 g/mol. The van der Waals surface area contributed by atoms with Gasteiger partial charge in [0.25, 0.3) is 11.8 Å². The second kappa shape index (κ2) is 8.14. The van der Waals surface area contributed by atoms with Crippen LogP contribution < -0.4 is 10.2 Å². The molecule has 1 N–H and O–H groups in total. The molecule has 0 aliphatic carbocycles. The number of aromatic nitrogens is 1. The van der Waals surface area contributed by atoms with Crippen LogP contribution in [0.4, 0.5) is 24.5 Å². The molecule has 2 aromatic carbocycles. The molecule has 0 saturated heterocycles. The van der Waals surface area contributed by atoms with E-state index in [9.17, 15) is 22.8 Å². The van der Waals surface area contributed by atoms with E-state index >= 15 is 0 Å². The second-order valence-corrected chi connectivity index (χ2v) is 6.19. The van der Waals surface area contributed by atoms with Gasteiger partial charge in [-0.05, 0) is 36.4 Å². The molecular formula is C21H16F3N3O2. The molecule has 0 fully saturated rings. The number of nitrogens with one attached hydrogen (secondary N) is 1. The highest BCUT2D eigenvalue weighted by atomic mass is 19.4. The van der Waals surface area contributed by atoms with Gasteiger partial charge >= 0.3 is 6.18 Å². The number of alkyl halides is 3. The van der Waals surface area contributed by atoms with Gasteiger partial charge in [-0.15, -0.1) is 0 Å². The van der Waals surface area contributed by atoms with E-state index in [0.29, 0.717) is 5.69 Å². The molecule has 1 aromatic heterocycles. The molecule has 8 heteroatoms. The van der Waals surface area contributed by atoms with E-state index in [1.54, 1.807) is 31.3 Å². The van der Waals surface area contributed by atoms with Gasteiger partial charge < -0.3 is 10.2 Å². The maximum atomic E-state index is 12.8. The molecule has 3 aromatic rings. The van der Waals surface area contributed by atoms with E-state index in [-0.39, 0.29) is 22.7 Å². The maximum Gasteiger partial charge on any atom is 0.416 e. The Morgan fingerprint density at radius 1 is 0.931 bits per heavy atom. The standard InChI is InChI=1S/C21H16F3N3O2/c1-27(18-8-3-2-4-9-18)20(29)15-10-14(12-25-13-15)19(28)26-17-7-5-6-16(11-17)21(22,23)24/h2-13H,1H3,(H,26,28). The lowest BCUT2D eigenvalue weighted by Gasteiger charge is -2.17. The molecule has 0 atom stereocenters.